The SMILES string of the molecule is N#Cc1ccccc1N1CCN2c3ccc([N+](=O)[O-])cc3C[C@H](C(=O)NCCN3CCOCC3)[C@@H]2C1. The Balaban J connectivity index is 1.38. The quantitative estimate of drug-likeness (QED) is 0.481. The van der Waals surface area contributed by atoms with Crippen molar-refractivity contribution in [1.29, 1.82) is 5.26 Å². The van der Waals surface area contributed by atoms with E-state index in [1.807, 2.05) is 30.3 Å². The van der Waals surface area contributed by atoms with Crippen molar-refractivity contribution in [2.24, 2.45) is 5.92 Å². The molecule has 2 atom stereocenters. The van der Waals surface area contributed by atoms with Crippen molar-refractivity contribution >= 4 is 23.0 Å². The third kappa shape index (κ3) is 4.85. The van der Waals surface area contributed by atoms with E-state index in [4.69, 9.17) is 4.74 Å². The van der Waals surface area contributed by atoms with Crippen molar-refractivity contribution in [3.63, 3.8) is 0 Å². The van der Waals surface area contributed by atoms with Gasteiger partial charge in [0.05, 0.1) is 41.3 Å². The number of ether oxygens (including phenoxy) is 1. The molecule has 0 aromatic heterocycles. The molecule has 0 saturated carbocycles. The highest BCUT2D eigenvalue weighted by Crippen LogP contribution is 2.39. The normalized spacial score (nSPS) is 21.8. The lowest BCUT2D eigenvalue weighted by Crippen LogP contribution is -2.61. The van der Waals surface area contributed by atoms with Gasteiger partial charge in [-0.2, -0.15) is 5.26 Å². The number of rotatable bonds is 6. The minimum Gasteiger partial charge on any atom is -0.379 e. The lowest BCUT2D eigenvalue weighted by molar-refractivity contribution is -0.384. The van der Waals surface area contributed by atoms with Gasteiger partial charge in [0.25, 0.3) is 5.69 Å². The van der Waals surface area contributed by atoms with Gasteiger partial charge in [0.15, 0.2) is 0 Å². The van der Waals surface area contributed by atoms with Gasteiger partial charge in [0.2, 0.25) is 5.91 Å². The largest absolute Gasteiger partial charge is 0.379 e. The van der Waals surface area contributed by atoms with Gasteiger partial charge in [0.1, 0.15) is 6.07 Å². The zero-order valence-corrected chi connectivity index (χ0v) is 20.1. The van der Waals surface area contributed by atoms with Crippen LogP contribution in [0, 0.1) is 27.4 Å². The summed E-state index contributed by atoms with van der Waals surface area (Å²) in [5.74, 6) is -0.396. The van der Waals surface area contributed by atoms with Gasteiger partial charge >= 0.3 is 0 Å². The molecule has 188 valence electrons. The van der Waals surface area contributed by atoms with Crippen LogP contribution < -0.4 is 15.1 Å². The second kappa shape index (κ2) is 10.5. The van der Waals surface area contributed by atoms with Crippen LogP contribution in [-0.4, -0.2) is 80.8 Å². The van der Waals surface area contributed by atoms with Gasteiger partial charge < -0.3 is 19.9 Å². The number of amides is 1. The summed E-state index contributed by atoms with van der Waals surface area (Å²) in [6.07, 6.45) is 0.440. The molecule has 10 heteroatoms. The number of carbonyl (C=O) groups excluding carboxylic acids is 1. The number of hydrogen-bond acceptors (Lipinski definition) is 8. The molecule has 0 radical (unpaired) electrons. The number of nitro benzene ring substituents is 1. The molecule has 1 amide bonds. The zero-order chi connectivity index (χ0) is 25.1. The molecule has 0 unspecified atom stereocenters. The fourth-order valence-electron chi connectivity index (χ4n) is 5.58. The van der Waals surface area contributed by atoms with E-state index in [0.29, 0.717) is 51.4 Å². The standard InChI is InChI=1S/C26H30N6O4/c27-17-19-3-1-2-4-23(19)30-9-10-31-24-6-5-21(32(34)35)15-20(24)16-22(25(31)18-30)26(33)28-7-8-29-11-13-36-14-12-29/h1-6,15,22,25H,7-14,16,18H2,(H,28,33)/t22-,25-/m0/s1. The number of morpholine rings is 1. The predicted molar refractivity (Wildman–Crippen MR) is 135 cm³/mol. The third-order valence-corrected chi connectivity index (χ3v) is 7.44. The number of anilines is 2. The minimum atomic E-state index is -0.388. The number of nitriles is 1. The van der Waals surface area contributed by atoms with Crippen LogP contribution in [0.2, 0.25) is 0 Å². The maximum Gasteiger partial charge on any atom is 0.269 e. The fourth-order valence-corrected chi connectivity index (χ4v) is 5.58. The Morgan fingerprint density at radius 1 is 1.14 bits per heavy atom. The smallest absolute Gasteiger partial charge is 0.269 e. The lowest BCUT2D eigenvalue weighted by Gasteiger charge is -2.49. The maximum absolute atomic E-state index is 13.5. The summed E-state index contributed by atoms with van der Waals surface area (Å²) >= 11 is 0. The Labute approximate surface area is 210 Å². The number of hydrogen-bond donors (Lipinski definition) is 1. The molecule has 1 N–H and O–H groups in total. The molecule has 2 aromatic carbocycles. The molecular weight excluding hydrogens is 460 g/mol. The molecule has 0 spiro atoms. The average Bonchev–Trinajstić information content (AvgIpc) is 2.92. The number of fused-ring (bicyclic) bond motifs is 3. The maximum atomic E-state index is 13.5. The Morgan fingerprint density at radius 2 is 1.94 bits per heavy atom. The van der Waals surface area contributed by atoms with Gasteiger partial charge in [-0.05, 0) is 30.2 Å². The first kappa shape index (κ1) is 24.0. The van der Waals surface area contributed by atoms with E-state index >= 15 is 0 Å². The molecule has 5 rings (SSSR count). The Bertz CT molecular complexity index is 1180. The third-order valence-electron chi connectivity index (χ3n) is 7.44. The Hall–Kier alpha value is -3.68. The second-order valence-electron chi connectivity index (χ2n) is 9.46. The van der Waals surface area contributed by atoms with E-state index < -0.39 is 0 Å². The Morgan fingerprint density at radius 3 is 2.72 bits per heavy atom. The first-order chi connectivity index (χ1) is 17.5. The summed E-state index contributed by atoms with van der Waals surface area (Å²) in [7, 11) is 0. The molecule has 3 heterocycles. The summed E-state index contributed by atoms with van der Waals surface area (Å²) in [4.78, 5) is 31.2. The highest BCUT2D eigenvalue weighted by molar-refractivity contribution is 5.82. The molecule has 0 bridgehead atoms. The highest BCUT2D eigenvalue weighted by Gasteiger charge is 2.42. The number of benzene rings is 2. The van der Waals surface area contributed by atoms with Crippen molar-refractivity contribution in [1.82, 2.24) is 10.2 Å². The lowest BCUT2D eigenvalue weighted by atomic mass is 9.83. The summed E-state index contributed by atoms with van der Waals surface area (Å²) < 4.78 is 5.40. The molecule has 2 fully saturated rings. The van der Waals surface area contributed by atoms with E-state index in [-0.39, 0.29) is 28.5 Å². The summed E-state index contributed by atoms with van der Waals surface area (Å²) in [5, 5.41) is 24.1. The van der Waals surface area contributed by atoms with Crippen LogP contribution in [0.3, 0.4) is 0 Å². The van der Waals surface area contributed by atoms with Gasteiger partial charge in [-0.15, -0.1) is 0 Å². The van der Waals surface area contributed by atoms with E-state index in [2.05, 4.69) is 26.1 Å². The number of nitrogens with one attached hydrogen (secondary N) is 1. The van der Waals surface area contributed by atoms with Gasteiger partial charge in [-0.25, -0.2) is 0 Å². The van der Waals surface area contributed by atoms with Crippen LogP contribution in [0.4, 0.5) is 17.1 Å². The number of piperazine rings is 1. The van der Waals surface area contributed by atoms with Crippen molar-refractivity contribution in [2.75, 3.05) is 68.8 Å². The molecule has 3 aliphatic heterocycles. The number of para-hydroxylation sites is 1. The van der Waals surface area contributed by atoms with Crippen molar-refractivity contribution in [2.45, 2.75) is 12.5 Å². The molecule has 0 aliphatic carbocycles. The fraction of sp³-hybridized carbons (Fsp3) is 0.462. The molecule has 3 aliphatic rings. The zero-order valence-electron chi connectivity index (χ0n) is 20.1. The molecule has 2 saturated heterocycles. The van der Waals surface area contributed by atoms with E-state index in [9.17, 15) is 20.2 Å². The number of nitrogens with zero attached hydrogens (tertiary/aromatic N) is 5. The van der Waals surface area contributed by atoms with Crippen molar-refractivity contribution < 1.29 is 14.5 Å². The number of nitro groups is 1. The van der Waals surface area contributed by atoms with Gasteiger partial charge in [-0.1, -0.05) is 12.1 Å². The summed E-state index contributed by atoms with van der Waals surface area (Å²) in [6, 6.07) is 14.7. The summed E-state index contributed by atoms with van der Waals surface area (Å²) in [6.45, 7) is 6.40. The van der Waals surface area contributed by atoms with Crippen molar-refractivity contribution in [3.05, 3.63) is 63.7 Å². The van der Waals surface area contributed by atoms with E-state index in [1.54, 1.807) is 6.07 Å². The minimum absolute atomic E-state index is 0.0363. The number of non-ortho nitro benzene ring substituents is 1. The van der Waals surface area contributed by atoms with Gasteiger partial charge in [0, 0.05) is 63.6 Å². The Kier molecular flexibility index (Phi) is 7.02. The molecule has 10 nitrogen and oxygen atoms in total. The first-order valence-electron chi connectivity index (χ1n) is 12.4. The predicted octanol–water partition coefficient (Wildman–Crippen LogP) is 1.78. The van der Waals surface area contributed by atoms with Crippen LogP contribution in [0.1, 0.15) is 11.1 Å². The molecular formula is C26H30N6O4. The average molecular weight is 491 g/mol. The van der Waals surface area contributed by atoms with Crippen LogP contribution in [0.5, 0.6) is 0 Å². The monoisotopic (exact) mass is 490 g/mol. The van der Waals surface area contributed by atoms with Crippen LogP contribution in [0.15, 0.2) is 42.5 Å². The second-order valence-corrected chi connectivity index (χ2v) is 9.46. The topological polar surface area (TPSA) is 115 Å². The van der Waals surface area contributed by atoms with Crippen LogP contribution in [-0.2, 0) is 16.0 Å². The van der Waals surface area contributed by atoms with Crippen LogP contribution in [0.25, 0.3) is 0 Å². The number of carbonyl (C=O) groups is 1. The van der Waals surface area contributed by atoms with Crippen LogP contribution >= 0.6 is 0 Å². The van der Waals surface area contributed by atoms with E-state index in [1.165, 1.54) is 6.07 Å². The van der Waals surface area contributed by atoms with E-state index in [0.717, 1.165) is 36.6 Å². The summed E-state index contributed by atoms with van der Waals surface area (Å²) in [5.41, 5.74) is 3.32. The highest BCUT2D eigenvalue weighted by atomic mass is 16.6. The van der Waals surface area contributed by atoms with Crippen molar-refractivity contribution in [3.8, 4) is 6.07 Å². The van der Waals surface area contributed by atoms with Gasteiger partial charge in [-0.3, -0.25) is 19.8 Å². The first-order valence-corrected chi connectivity index (χ1v) is 12.4. The molecule has 36 heavy (non-hydrogen) atoms. The molecule has 2 aromatic rings.